The van der Waals surface area contributed by atoms with E-state index in [-0.39, 0.29) is 0 Å². The molecule has 2 heterocycles. The van der Waals surface area contributed by atoms with Crippen LogP contribution in [0.15, 0.2) is 51.9 Å². The summed E-state index contributed by atoms with van der Waals surface area (Å²) < 4.78 is 6.28. The molecule has 4 rings (SSSR count). The number of benzene rings is 2. The van der Waals surface area contributed by atoms with E-state index in [1.54, 1.807) is 0 Å². The largest absolute Gasteiger partial charge is 0.456 e. The molecular formula is C24H30N2O. The summed E-state index contributed by atoms with van der Waals surface area (Å²) in [6.45, 7) is 5.45. The lowest BCUT2D eigenvalue weighted by molar-refractivity contribution is 0.576. The summed E-state index contributed by atoms with van der Waals surface area (Å²) in [6.07, 6.45) is 8.92. The van der Waals surface area contributed by atoms with E-state index in [1.807, 2.05) is 0 Å². The SMILES string of the molecule is CCCCCC/N=c1\ccc2cc3ccc(N4CCCCC4)cc3oc-2c1. The van der Waals surface area contributed by atoms with Gasteiger partial charge >= 0.3 is 0 Å². The highest BCUT2D eigenvalue weighted by molar-refractivity contribution is 5.85. The Bertz CT molecular complexity index is 921. The maximum absolute atomic E-state index is 6.28. The van der Waals surface area contributed by atoms with Crippen molar-refractivity contribution in [1.82, 2.24) is 0 Å². The van der Waals surface area contributed by atoms with Crippen LogP contribution in [0.25, 0.3) is 22.3 Å². The zero-order valence-electron chi connectivity index (χ0n) is 16.4. The number of hydrogen-bond acceptors (Lipinski definition) is 3. The third-order valence-electron chi connectivity index (χ3n) is 5.55. The molecule has 1 aromatic rings. The smallest absolute Gasteiger partial charge is 0.136 e. The predicted molar refractivity (Wildman–Crippen MR) is 113 cm³/mol. The molecule has 1 aliphatic carbocycles. The molecule has 1 fully saturated rings. The molecule has 1 aromatic carbocycles. The van der Waals surface area contributed by atoms with E-state index in [0.29, 0.717) is 0 Å². The third kappa shape index (κ3) is 4.35. The van der Waals surface area contributed by atoms with E-state index in [9.17, 15) is 0 Å². The van der Waals surface area contributed by atoms with Crippen LogP contribution in [0.3, 0.4) is 0 Å². The van der Waals surface area contributed by atoms with Crippen LogP contribution in [0.1, 0.15) is 51.9 Å². The van der Waals surface area contributed by atoms with Crippen LogP contribution in [0, 0.1) is 0 Å². The van der Waals surface area contributed by atoms with Gasteiger partial charge in [-0.15, -0.1) is 0 Å². The summed E-state index contributed by atoms with van der Waals surface area (Å²) in [5.74, 6) is 0.924. The number of fused-ring (bicyclic) bond motifs is 2. The minimum absolute atomic E-state index is 0.901. The van der Waals surface area contributed by atoms with Crippen molar-refractivity contribution in [2.45, 2.75) is 51.9 Å². The van der Waals surface area contributed by atoms with Gasteiger partial charge in [-0.25, -0.2) is 0 Å². The zero-order valence-corrected chi connectivity index (χ0v) is 16.4. The summed E-state index contributed by atoms with van der Waals surface area (Å²) >= 11 is 0. The van der Waals surface area contributed by atoms with Crippen LogP contribution in [-0.4, -0.2) is 19.6 Å². The number of rotatable bonds is 6. The lowest BCUT2D eigenvalue weighted by Crippen LogP contribution is -2.29. The molecule has 0 bridgehead atoms. The monoisotopic (exact) mass is 362 g/mol. The molecule has 0 spiro atoms. The van der Waals surface area contributed by atoms with Crippen molar-refractivity contribution in [3.05, 3.63) is 47.8 Å². The fourth-order valence-electron chi connectivity index (χ4n) is 3.94. The Morgan fingerprint density at radius 3 is 2.67 bits per heavy atom. The molecule has 0 radical (unpaired) electrons. The lowest BCUT2D eigenvalue weighted by Gasteiger charge is -2.28. The summed E-state index contributed by atoms with van der Waals surface area (Å²) in [4.78, 5) is 7.21. The minimum atomic E-state index is 0.901. The first-order chi connectivity index (χ1) is 13.3. The fourth-order valence-corrected chi connectivity index (χ4v) is 3.94. The molecule has 0 aromatic heterocycles. The summed E-state index contributed by atoms with van der Waals surface area (Å²) in [5, 5.41) is 2.18. The van der Waals surface area contributed by atoms with E-state index < -0.39 is 0 Å². The van der Waals surface area contributed by atoms with Crippen LogP contribution in [-0.2, 0) is 0 Å². The summed E-state index contributed by atoms with van der Waals surface area (Å²) in [5.41, 5.74) is 3.38. The van der Waals surface area contributed by atoms with Crippen LogP contribution < -0.4 is 10.3 Å². The first-order valence-electron chi connectivity index (χ1n) is 10.6. The molecule has 0 atom stereocenters. The van der Waals surface area contributed by atoms with Crippen LogP contribution >= 0.6 is 0 Å². The number of piperidine rings is 1. The van der Waals surface area contributed by atoms with Crippen molar-refractivity contribution >= 4 is 16.7 Å². The number of hydrogen-bond donors (Lipinski definition) is 0. The van der Waals surface area contributed by atoms with E-state index in [0.717, 1.165) is 47.3 Å². The second-order valence-corrected chi connectivity index (χ2v) is 7.68. The average Bonchev–Trinajstić information content (AvgIpc) is 2.72. The van der Waals surface area contributed by atoms with Crippen molar-refractivity contribution in [3.8, 4) is 11.3 Å². The molecule has 1 saturated heterocycles. The Kier molecular flexibility index (Phi) is 5.76. The Hall–Kier alpha value is -2.29. The van der Waals surface area contributed by atoms with Crippen molar-refractivity contribution in [1.29, 1.82) is 0 Å². The second kappa shape index (κ2) is 8.60. The third-order valence-corrected chi connectivity index (χ3v) is 5.55. The highest BCUT2D eigenvalue weighted by Crippen LogP contribution is 2.30. The van der Waals surface area contributed by atoms with Gasteiger partial charge in [0.05, 0.1) is 5.36 Å². The summed E-state index contributed by atoms with van der Waals surface area (Å²) in [7, 11) is 0. The van der Waals surface area contributed by atoms with Crippen molar-refractivity contribution < 1.29 is 4.42 Å². The van der Waals surface area contributed by atoms with Gasteiger partial charge in [0.1, 0.15) is 11.3 Å². The molecule has 2 aliphatic heterocycles. The predicted octanol–water partition coefficient (Wildman–Crippen LogP) is 6.01. The van der Waals surface area contributed by atoms with Crippen molar-refractivity contribution in [2.75, 3.05) is 24.5 Å². The average molecular weight is 363 g/mol. The van der Waals surface area contributed by atoms with E-state index >= 15 is 0 Å². The zero-order chi connectivity index (χ0) is 18.5. The van der Waals surface area contributed by atoms with Gasteiger partial charge in [-0.1, -0.05) is 26.2 Å². The number of anilines is 1. The maximum Gasteiger partial charge on any atom is 0.136 e. The number of unbranched alkanes of at least 4 members (excludes halogenated alkanes) is 3. The number of nitrogens with zero attached hydrogens (tertiary/aromatic N) is 2. The van der Waals surface area contributed by atoms with Gasteiger partial charge in [0.15, 0.2) is 0 Å². The molecule has 0 unspecified atom stereocenters. The van der Waals surface area contributed by atoms with Crippen LogP contribution in [0.4, 0.5) is 5.69 Å². The Labute approximate surface area is 162 Å². The first-order valence-corrected chi connectivity index (χ1v) is 10.6. The lowest BCUT2D eigenvalue weighted by atomic mass is 10.1. The van der Waals surface area contributed by atoms with Crippen molar-refractivity contribution in [2.24, 2.45) is 4.99 Å². The van der Waals surface area contributed by atoms with Gasteiger partial charge in [-0.2, -0.15) is 0 Å². The first kappa shape index (κ1) is 18.1. The molecule has 3 nitrogen and oxygen atoms in total. The fraction of sp³-hybridized carbons (Fsp3) is 0.458. The Balaban J connectivity index is 1.61. The molecular weight excluding hydrogens is 332 g/mol. The maximum atomic E-state index is 6.28. The standard InChI is InChI=1S/C24H30N2O/c1-2-3-4-6-13-25-21-11-9-19-16-20-10-12-22(26-14-7-5-8-15-26)18-24(20)27-23(19)17-21/h9-12,16-18H,2-8,13-15H2,1H3/b25-21+. The normalized spacial score (nSPS) is 15.7. The van der Waals surface area contributed by atoms with Gasteiger partial charge in [-0.3, -0.25) is 4.99 Å². The van der Waals surface area contributed by atoms with Gasteiger partial charge in [0.25, 0.3) is 0 Å². The highest BCUT2D eigenvalue weighted by atomic mass is 16.3. The van der Waals surface area contributed by atoms with Gasteiger partial charge in [-0.05, 0) is 56.0 Å². The van der Waals surface area contributed by atoms with Gasteiger partial charge in [0.2, 0.25) is 0 Å². The van der Waals surface area contributed by atoms with E-state index in [1.165, 1.54) is 50.6 Å². The molecule has 27 heavy (non-hydrogen) atoms. The Morgan fingerprint density at radius 1 is 0.926 bits per heavy atom. The molecule has 0 saturated carbocycles. The van der Waals surface area contributed by atoms with Crippen LogP contribution in [0.2, 0.25) is 0 Å². The molecule has 3 heteroatoms. The topological polar surface area (TPSA) is 28.7 Å². The minimum Gasteiger partial charge on any atom is -0.456 e. The van der Waals surface area contributed by atoms with E-state index in [2.05, 4.69) is 54.3 Å². The molecule has 3 aliphatic rings. The summed E-state index contributed by atoms with van der Waals surface area (Å²) in [6, 6.07) is 15.2. The van der Waals surface area contributed by atoms with Gasteiger partial charge < -0.3 is 9.32 Å². The van der Waals surface area contributed by atoms with Crippen LogP contribution in [0.5, 0.6) is 0 Å². The van der Waals surface area contributed by atoms with E-state index in [4.69, 9.17) is 9.41 Å². The molecule has 142 valence electrons. The van der Waals surface area contributed by atoms with Crippen molar-refractivity contribution in [3.63, 3.8) is 0 Å². The Morgan fingerprint density at radius 2 is 1.81 bits per heavy atom. The molecule has 0 N–H and O–H groups in total. The molecule has 0 amide bonds. The quantitative estimate of drug-likeness (QED) is 0.397. The second-order valence-electron chi connectivity index (χ2n) is 7.68. The van der Waals surface area contributed by atoms with Gasteiger partial charge in [0, 0.05) is 48.4 Å². The highest BCUT2D eigenvalue weighted by Gasteiger charge is 2.13.